The van der Waals surface area contributed by atoms with Gasteiger partial charge < -0.3 is 14.7 Å². The Balaban J connectivity index is 1.61. The van der Waals surface area contributed by atoms with Crippen LogP contribution in [-0.2, 0) is 0 Å². The molecular weight excluding hydrogens is 238 g/mol. The van der Waals surface area contributed by atoms with Crippen LogP contribution in [0.3, 0.4) is 0 Å². The molecule has 0 saturated carbocycles. The minimum atomic E-state index is 0.525. The molecule has 0 aliphatic carbocycles. The first-order valence-corrected chi connectivity index (χ1v) is 7.14. The van der Waals surface area contributed by atoms with Gasteiger partial charge in [0.05, 0.1) is 5.39 Å². The zero-order chi connectivity index (χ0) is 12.8. The highest BCUT2D eigenvalue weighted by Gasteiger charge is 2.34. The van der Waals surface area contributed by atoms with Gasteiger partial charge in [0.2, 0.25) is 0 Å². The van der Waals surface area contributed by atoms with Crippen molar-refractivity contribution in [2.75, 3.05) is 25.0 Å². The van der Waals surface area contributed by atoms with E-state index in [0.717, 1.165) is 29.2 Å². The molecule has 0 spiro atoms. The second kappa shape index (κ2) is 4.23. The van der Waals surface area contributed by atoms with Crippen LogP contribution in [-0.4, -0.2) is 35.7 Å². The SMILES string of the molecule is Cc1ccc2c(N[C@@H]3CN4CCC3CC4)noc2c1. The summed E-state index contributed by atoms with van der Waals surface area (Å²) < 4.78 is 5.43. The number of hydrogen-bond acceptors (Lipinski definition) is 4. The van der Waals surface area contributed by atoms with E-state index in [2.05, 4.69) is 34.4 Å². The maximum absolute atomic E-state index is 5.43. The van der Waals surface area contributed by atoms with Crippen molar-refractivity contribution in [3.05, 3.63) is 23.8 Å². The van der Waals surface area contributed by atoms with Crippen LogP contribution in [0.5, 0.6) is 0 Å². The van der Waals surface area contributed by atoms with Crippen molar-refractivity contribution in [3.63, 3.8) is 0 Å². The van der Waals surface area contributed by atoms with Crippen LogP contribution in [0.15, 0.2) is 22.7 Å². The van der Waals surface area contributed by atoms with Gasteiger partial charge in [-0.05, 0) is 56.5 Å². The van der Waals surface area contributed by atoms with Gasteiger partial charge in [-0.2, -0.15) is 0 Å². The largest absolute Gasteiger partial charge is 0.362 e. The molecule has 4 heterocycles. The Morgan fingerprint density at radius 3 is 2.89 bits per heavy atom. The zero-order valence-electron chi connectivity index (χ0n) is 11.2. The summed E-state index contributed by atoms with van der Waals surface area (Å²) in [6, 6.07) is 6.79. The average Bonchev–Trinajstić information content (AvgIpc) is 2.82. The lowest BCUT2D eigenvalue weighted by Crippen LogP contribution is -2.53. The maximum atomic E-state index is 5.43. The van der Waals surface area contributed by atoms with Gasteiger partial charge in [0.1, 0.15) is 0 Å². The third-order valence-corrected chi connectivity index (χ3v) is 4.61. The number of nitrogens with one attached hydrogen (secondary N) is 1. The van der Waals surface area contributed by atoms with Crippen LogP contribution >= 0.6 is 0 Å². The molecule has 1 atom stereocenters. The molecule has 3 aliphatic rings. The second-order valence-corrected chi connectivity index (χ2v) is 5.92. The predicted octanol–water partition coefficient (Wildman–Crippen LogP) is 2.64. The van der Waals surface area contributed by atoms with Crippen LogP contribution in [0.1, 0.15) is 18.4 Å². The van der Waals surface area contributed by atoms with E-state index in [1.807, 2.05) is 6.07 Å². The first-order valence-electron chi connectivity index (χ1n) is 7.14. The van der Waals surface area contributed by atoms with Crippen LogP contribution in [0.25, 0.3) is 11.0 Å². The van der Waals surface area contributed by atoms with Crippen molar-refractivity contribution in [2.45, 2.75) is 25.8 Å². The lowest BCUT2D eigenvalue weighted by atomic mass is 9.84. The maximum Gasteiger partial charge on any atom is 0.177 e. The lowest BCUT2D eigenvalue weighted by Gasteiger charge is -2.44. The molecule has 2 aromatic rings. The first-order chi connectivity index (χ1) is 9.29. The summed E-state index contributed by atoms with van der Waals surface area (Å²) >= 11 is 0. The molecule has 0 radical (unpaired) electrons. The van der Waals surface area contributed by atoms with Crippen molar-refractivity contribution in [3.8, 4) is 0 Å². The van der Waals surface area contributed by atoms with E-state index in [9.17, 15) is 0 Å². The molecule has 3 saturated heterocycles. The number of aryl methyl sites for hydroxylation is 1. The first kappa shape index (κ1) is 11.3. The molecule has 100 valence electrons. The van der Waals surface area contributed by atoms with Crippen molar-refractivity contribution in [2.24, 2.45) is 5.92 Å². The minimum Gasteiger partial charge on any atom is -0.362 e. The summed E-state index contributed by atoms with van der Waals surface area (Å²) in [6.45, 7) is 5.75. The fourth-order valence-electron chi connectivity index (χ4n) is 3.45. The number of hydrogen-bond donors (Lipinski definition) is 1. The normalized spacial score (nSPS) is 29.8. The van der Waals surface area contributed by atoms with E-state index < -0.39 is 0 Å². The van der Waals surface area contributed by atoms with Gasteiger partial charge in [-0.15, -0.1) is 0 Å². The highest BCUT2D eigenvalue weighted by Crippen LogP contribution is 2.31. The van der Waals surface area contributed by atoms with E-state index in [1.165, 1.54) is 31.5 Å². The fraction of sp³-hybridized carbons (Fsp3) is 0.533. The van der Waals surface area contributed by atoms with Crippen molar-refractivity contribution < 1.29 is 4.52 Å². The molecule has 4 heteroatoms. The monoisotopic (exact) mass is 257 g/mol. The van der Waals surface area contributed by atoms with E-state index in [-0.39, 0.29) is 0 Å². The minimum absolute atomic E-state index is 0.525. The second-order valence-electron chi connectivity index (χ2n) is 5.92. The molecule has 3 fully saturated rings. The van der Waals surface area contributed by atoms with Crippen LogP contribution in [0.4, 0.5) is 5.82 Å². The molecule has 0 amide bonds. The number of nitrogens with zero attached hydrogens (tertiary/aromatic N) is 2. The lowest BCUT2D eigenvalue weighted by molar-refractivity contribution is 0.0973. The number of fused-ring (bicyclic) bond motifs is 4. The number of anilines is 1. The summed E-state index contributed by atoms with van der Waals surface area (Å²) in [5.74, 6) is 1.70. The summed E-state index contributed by atoms with van der Waals surface area (Å²) in [5.41, 5.74) is 2.09. The van der Waals surface area contributed by atoms with Gasteiger partial charge in [0.25, 0.3) is 0 Å². The average molecular weight is 257 g/mol. The van der Waals surface area contributed by atoms with Crippen molar-refractivity contribution >= 4 is 16.8 Å². The molecule has 4 nitrogen and oxygen atoms in total. The summed E-state index contributed by atoms with van der Waals surface area (Å²) in [5, 5.41) is 8.92. The quantitative estimate of drug-likeness (QED) is 0.898. The molecule has 1 aromatic carbocycles. The molecule has 5 rings (SSSR count). The summed E-state index contributed by atoms with van der Waals surface area (Å²) in [7, 11) is 0. The molecule has 3 aliphatic heterocycles. The van der Waals surface area contributed by atoms with E-state index in [4.69, 9.17) is 4.52 Å². The van der Waals surface area contributed by atoms with Crippen molar-refractivity contribution in [1.82, 2.24) is 10.1 Å². The van der Waals surface area contributed by atoms with Gasteiger partial charge in [0, 0.05) is 12.6 Å². The van der Waals surface area contributed by atoms with Gasteiger partial charge in [-0.25, -0.2) is 0 Å². The van der Waals surface area contributed by atoms with E-state index in [0.29, 0.717) is 6.04 Å². The van der Waals surface area contributed by atoms with Crippen LogP contribution in [0, 0.1) is 12.8 Å². The van der Waals surface area contributed by atoms with Gasteiger partial charge in [-0.3, -0.25) is 0 Å². The Kier molecular flexibility index (Phi) is 2.52. The molecule has 1 aromatic heterocycles. The van der Waals surface area contributed by atoms with Gasteiger partial charge in [-0.1, -0.05) is 11.2 Å². The Morgan fingerprint density at radius 2 is 2.16 bits per heavy atom. The Morgan fingerprint density at radius 1 is 1.32 bits per heavy atom. The predicted molar refractivity (Wildman–Crippen MR) is 75.3 cm³/mol. The third kappa shape index (κ3) is 1.91. The highest BCUT2D eigenvalue weighted by molar-refractivity contribution is 5.88. The number of aromatic nitrogens is 1. The number of benzene rings is 1. The molecule has 19 heavy (non-hydrogen) atoms. The Labute approximate surface area is 112 Å². The van der Waals surface area contributed by atoms with Gasteiger partial charge >= 0.3 is 0 Å². The fourth-order valence-corrected chi connectivity index (χ4v) is 3.45. The van der Waals surface area contributed by atoms with E-state index in [1.54, 1.807) is 0 Å². The highest BCUT2D eigenvalue weighted by atomic mass is 16.5. The zero-order valence-corrected chi connectivity index (χ0v) is 11.2. The van der Waals surface area contributed by atoms with Crippen LogP contribution < -0.4 is 5.32 Å². The molecular formula is C15H19N3O. The number of rotatable bonds is 2. The van der Waals surface area contributed by atoms with Crippen molar-refractivity contribution in [1.29, 1.82) is 0 Å². The topological polar surface area (TPSA) is 41.3 Å². The molecule has 0 unspecified atom stereocenters. The molecule has 1 N–H and O–H groups in total. The smallest absolute Gasteiger partial charge is 0.177 e. The third-order valence-electron chi connectivity index (χ3n) is 4.61. The number of piperidine rings is 3. The summed E-state index contributed by atoms with van der Waals surface area (Å²) in [4.78, 5) is 2.55. The van der Waals surface area contributed by atoms with E-state index >= 15 is 0 Å². The van der Waals surface area contributed by atoms with Crippen LogP contribution in [0.2, 0.25) is 0 Å². The standard InChI is InChI=1S/C15H19N3O/c1-10-2-3-12-14(8-10)19-17-15(12)16-13-9-18-6-4-11(13)5-7-18/h2-3,8,11,13H,4-7,9H2,1H3,(H,16,17)/t13-/m1/s1. The van der Waals surface area contributed by atoms with Gasteiger partial charge in [0.15, 0.2) is 11.4 Å². The molecule has 2 bridgehead atoms. The summed E-state index contributed by atoms with van der Waals surface area (Å²) in [6.07, 6.45) is 2.62. The Bertz CT molecular complexity index is 598. The Hall–Kier alpha value is -1.55.